The predicted octanol–water partition coefficient (Wildman–Crippen LogP) is -0.0196. The largest absolute Gasteiger partial charge is 0.480 e. The Labute approximate surface area is 102 Å². The van der Waals surface area contributed by atoms with Gasteiger partial charge in [0.1, 0.15) is 6.04 Å². The number of rotatable bonds is 9. The van der Waals surface area contributed by atoms with Crippen molar-refractivity contribution in [2.75, 3.05) is 20.3 Å². The molecule has 1 amide bonds. The fourth-order valence-corrected chi connectivity index (χ4v) is 1.37. The van der Waals surface area contributed by atoms with Crippen molar-refractivity contribution in [3.63, 3.8) is 0 Å². The monoisotopic (exact) mass is 246 g/mol. The SMILES string of the molecule is CCCC(NC(C)C(=O)NCCOC)C(=O)O. The number of hydrogen-bond donors (Lipinski definition) is 3. The first-order valence-electron chi connectivity index (χ1n) is 5.78. The lowest BCUT2D eigenvalue weighted by atomic mass is 10.1. The summed E-state index contributed by atoms with van der Waals surface area (Å²) in [7, 11) is 1.55. The summed E-state index contributed by atoms with van der Waals surface area (Å²) in [4.78, 5) is 22.5. The summed E-state index contributed by atoms with van der Waals surface area (Å²) in [5.41, 5.74) is 0. The Bertz CT molecular complexity index is 246. The van der Waals surface area contributed by atoms with E-state index in [-0.39, 0.29) is 5.91 Å². The van der Waals surface area contributed by atoms with E-state index in [1.54, 1.807) is 14.0 Å². The smallest absolute Gasteiger partial charge is 0.320 e. The molecule has 0 aromatic heterocycles. The number of amides is 1. The van der Waals surface area contributed by atoms with Gasteiger partial charge in [-0.15, -0.1) is 0 Å². The first kappa shape index (κ1) is 15.9. The van der Waals surface area contributed by atoms with E-state index in [1.807, 2.05) is 6.92 Å². The zero-order valence-electron chi connectivity index (χ0n) is 10.7. The van der Waals surface area contributed by atoms with E-state index in [2.05, 4.69) is 10.6 Å². The highest BCUT2D eigenvalue weighted by Crippen LogP contribution is 1.98. The molecule has 0 radical (unpaired) electrons. The van der Waals surface area contributed by atoms with E-state index in [0.717, 1.165) is 6.42 Å². The number of aliphatic carboxylic acids is 1. The van der Waals surface area contributed by atoms with Crippen LogP contribution < -0.4 is 10.6 Å². The van der Waals surface area contributed by atoms with Gasteiger partial charge in [0, 0.05) is 13.7 Å². The van der Waals surface area contributed by atoms with Gasteiger partial charge in [-0.25, -0.2) is 0 Å². The number of carboxylic acid groups (broad SMARTS) is 1. The number of methoxy groups -OCH3 is 1. The van der Waals surface area contributed by atoms with Gasteiger partial charge in [0.2, 0.25) is 5.91 Å². The van der Waals surface area contributed by atoms with Crippen molar-refractivity contribution in [1.29, 1.82) is 0 Å². The molecule has 2 unspecified atom stereocenters. The summed E-state index contributed by atoms with van der Waals surface area (Å²) in [6.45, 7) is 4.41. The second-order valence-electron chi connectivity index (χ2n) is 3.85. The number of carboxylic acids is 1. The molecule has 0 saturated heterocycles. The standard InChI is InChI=1S/C11H22N2O4/c1-4-5-9(11(15)16)13-8(2)10(14)12-6-7-17-3/h8-9,13H,4-7H2,1-3H3,(H,12,14)(H,15,16). The lowest BCUT2D eigenvalue weighted by Gasteiger charge is -2.19. The molecule has 6 nitrogen and oxygen atoms in total. The zero-order valence-corrected chi connectivity index (χ0v) is 10.7. The number of carbonyl (C=O) groups is 2. The maximum atomic E-state index is 11.6. The minimum atomic E-state index is -0.927. The van der Waals surface area contributed by atoms with E-state index in [9.17, 15) is 9.59 Å². The third-order valence-electron chi connectivity index (χ3n) is 2.33. The van der Waals surface area contributed by atoms with Crippen LogP contribution in [0.15, 0.2) is 0 Å². The Balaban J connectivity index is 4.06. The van der Waals surface area contributed by atoms with Crippen LogP contribution in [-0.4, -0.2) is 49.3 Å². The minimum absolute atomic E-state index is 0.218. The highest BCUT2D eigenvalue weighted by Gasteiger charge is 2.21. The number of hydrogen-bond acceptors (Lipinski definition) is 4. The van der Waals surface area contributed by atoms with Gasteiger partial charge in [-0.2, -0.15) is 0 Å². The summed E-state index contributed by atoms with van der Waals surface area (Å²) in [6.07, 6.45) is 1.26. The second kappa shape index (κ2) is 8.95. The lowest BCUT2D eigenvalue weighted by Crippen LogP contribution is -2.49. The van der Waals surface area contributed by atoms with Crippen molar-refractivity contribution in [3.05, 3.63) is 0 Å². The van der Waals surface area contributed by atoms with Gasteiger partial charge in [-0.3, -0.25) is 14.9 Å². The molecule has 0 rings (SSSR count). The number of ether oxygens (including phenoxy) is 1. The van der Waals surface area contributed by atoms with Crippen LogP contribution in [0.25, 0.3) is 0 Å². The molecule has 0 aliphatic rings. The van der Waals surface area contributed by atoms with E-state index in [0.29, 0.717) is 19.6 Å². The van der Waals surface area contributed by atoms with E-state index < -0.39 is 18.1 Å². The molecular weight excluding hydrogens is 224 g/mol. The van der Waals surface area contributed by atoms with Crippen molar-refractivity contribution in [2.45, 2.75) is 38.8 Å². The third-order valence-corrected chi connectivity index (χ3v) is 2.33. The van der Waals surface area contributed by atoms with Crippen LogP contribution in [0.5, 0.6) is 0 Å². The van der Waals surface area contributed by atoms with Crippen LogP contribution >= 0.6 is 0 Å². The van der Waals surface area contributed by atoms with Crippen LogP contribution in [0.2, 0.25) is 0 Å². The molecule has 0 fully saturated rings. The quantitative estimate of drug-likeness (QED) is 0.498. The first-order chi connectivity index (χ1) is 8.02. The molecular formula is C11H22N2O4. The average Bonchev–Trinajstić information content (AvgIpc) is 2.28. The van der Waals surface area contributed by atoms with Crippen molar-refractivity contribution in [2.24, 2.45) is 0 Å². The third kappa shape index (κ3) is 6.91. The normalized spacial score (nSPS) is 14.1. The number of carbonyl (C=O) groups excluding carboxylic acids is 1. The van der Waals surface area contributed by atoms with Crippen LogP contribution in [0.4, 0.5) is 0 Å². The first-order valence-corrected chi connectivity index (χ1v) is 5.78. The summed E-state index contributed by atoms with van der Waals surface area (Å²) >= 11 is 0. The van der Waals surface area contributed by atoms with E-state index >= 15 is 0 Å². The molecule has 0 heterocycles. The summed E-state index contributed by atoms with van der Waals surface area (Å²) in [6, 6.07) is -1.21. The van der Waals surface area contributed by atoms with Gasteiger partial charge in [0.25, 0.3) is 0 Å². The Hall–Kier alpha value is -1.14. The molecule has 100 valence electrons. The highest BCUT2D eigenvalue weighted by molar-refractivity contribution is 5.82. The lowest BCUT2D eigenvalue weighted by molar-refractivity contribution is -0.140. The minimum Gasteiger partial charge on any atom is -0.480 e. The maximum absolute atomic E-state index is 11.6. The van der Waals surface area contributed by atoms with Crippen LogP contribution in [0.3, 0.4) is 0 Å². The van der Waals surface area contributed by atoms with Crippen molar-refractivity contribution < 1.29 is 19.4 Å². The Morgan fingerprint density at radius 2 is 2.06 bits per heavy atom. The predicted molar refractivity (Wildman–Crippen MR) is 63.8 cm³/mol. The molecule has 0 bridgehead atoms. The molecule has 0 spiro atoms. The Morgan fingerprint density at radius 3 is 2.53 bits per heavy atom. The summed E-state index contributed by atoms with van der Waals surface area (Å²) < 4.78 is 4.80. The Morgan fingerprint density at radius 1 is 1.41 bits per heavy atom. The van der Waals surface area contributed by atoms with Crippen LogP contribution in [-0.2, 0) is 14.3 Å². The van der Waals surface area contributed by atoms with E-state index in [1.165, 1.54) is 0 Å². The zero-order chi connectivity index (χ0) is 13.3. The molecule has 2 atom stereocenters. The van der Waals surface area contributed by atoms with Crippen molar-refractivity contribution in [1.82, 2.24) is 10.6 Å². The molecule has 17 heavy (non-hydrogen) atoms. The topological polar surface area (TPSA) is 87.7 Å². The molecule has 0 aliphatic heterocycles. The molecule has 0 aliphatic carbocycles. The average molecular weight is 246 g/mol. The molecule has 6 heteroatoms. The van der Waals surface area contributed by atoms with Crippen molar-refractivity contribution >= 4 is 11.9 Å². The maximum Gasteiger partial charge on any atom is 0.320 e. The second-order valence-corrected chi connectivity index (χ2v) is 3.85. The molecule has 0 aromatic carbocycles. The van der Waals surface area contributed by atoms with Gasteiger partial charge >= 0.3 is 5.97 Å². The van der Waals surface area contributed by atoms with Gasteiger partial charge in [0.05, 0.1) is 12.6 Å². The fourth-order valence-electron chi connectivity index (χ4n) is 1.37. The fraction of sp³-hybridized carbons (Fsp3) is 0.818. The molecule has 0 saturated carbocycles. The highest BCUT2D eigenvalue weighted by atomic mass is 16.5. The van der Waals surface area contributed by atoms with Gasteiger partial charge < -0.3 is 15.2 Å². The molecule has 0 aromatic rings. The van der Waals surface area contributed by atoms with Gasteiger partial charge in [-0.1, -0.05) is 13.3 Å². The molecule has 3 N–H and O–H groups in total. The van der Waals surface area contributed by atoms with Crippen molar-refractivity contribution in [3.8, 4) is 0 Å². The van der Waals surface area contributed by atoms with Crippen LogP contribution in [0.1, 0.15) is 26.7 Å². The Kier molecular flexibility index (Phi) is 8.35. The van der Waals surface area contributed by atoms with Crippen LogP contribution in [0, 0.1) is 0 Å². The summed E-state index contributed by atoms with van der Waals surface area (Å²) in [5.74, 6) is -1.15. The van der Waals surface area contributed by atoms with Gasteiger partial charge in [-0.05, 0) is 13.3 Å². The summed E-state index contributed by atoms with van der Waals surface area (Å²) in [5, 5.41) is 14.4. The number of nitrogens with one attached hydrogen (secondary N) is 2. The van der Waals surface area contributed by atoms with Gasteiger partial charge in [0.15, 0.2) is 0 Å². The van der Waals surface area contributed by atoms with E-state index in [4.69, 9.17) is 9.84 Å².